The van der Waals surface area contributed by atoms with Crippen LogP contribution in [0.5, 0.6) is 0 Å². The molecule has 0 saturated carbocycles. The first-order valence-corrected chi connectivity index (χ1v) is 5.27. The Morgan fingerprint density at radius 1 is 1.41 bits per heavy atom. The number of benzene rings is 1. The molecule has 1 aromatic rings. The molecule has 0 fully saturated rings. The Kier molecular flexibility index (Phi) is 4.87. The highest BCUT2D eigenvalue weighted by atomic mass is 16.5. The lowest BCUT2D eigenvalue weighted by Crippen LogP contribution is -2.39. The quantitative estimate of drug-likeness (QED) is 0.735. The van der Waals surface area contributed by atoms with Gasteiger partial charge in [0.25, 0.3) is 0 Å². The van der Waals surface area contributed by atoms with Gasteiger partial charge in [0, 0.05) is 0 Å². The lowest BCUT2D eigenvalue weighted by Gasteiger charge is -2.16. The predicted molar refractivity (Wildman–Crippen MR) is 64.6 cm³/mol. The molecule has 1 rings (SSSR count). The summed E-state index contributed by atoms with van der Waals surface area (Å²) < 4.78 is 5.06. The summed E-state index contributed by atoms with van der Waals surface area (Å²) in [7, 11) is 0. The Hall–Kier alpha value is -1.65. The van der Waals surface area contributed by atoms with E-state index in [0.29, 0.717) is 0 Å². The van der Waals surface area contributed by atoms with Crippen LogP contribution in [-0.2, 0) is 9.53 Å². The Morgan fingerprint density at radius 2 is 2.06 bits per heavy atom. The number of carboxylic acid groups (broad SMARTS) is 1. The van der Waals surface area contributed by atoms with Crippen LogP contribution in [0, 0.1) is 0 Å². The Balaban J connectivity index is 2.30. The van der Waals surface area contributed by atoms with E-state index < -0.39 is 11.6 Å². The third kappa shape index (κ3) is 4.80. The lowest BCUT2D eigenvalue weighted by atomic mass is 10.1. The monoisotopic (exact) mass is 236 g/mol. The van der Waals surface area contributed by atoms with Gasteiger partial charge in [-0.25, -0.2) is 4.79 Å². The molecule has 92 valence electrons. The number of carbonyl (C=O) groups is 1. The lowest BCUT2D eigenvalue weighted by molar-refractivity contribution is -0.162. The van der Waals surface area contributed by atoms with Gasteiger partial charge >= 0.3 is 5.97 Å². The fourth-order valence-corrected chi connectivity index (χ4v) is 1.14. The van der Waals surface area contributed by atoms with E-state index in [1.54, 1.807) is 6.08 Å². The van der Waals surface area contributed by atoms with Gasteiger partial charge in [-0.05, 0) is 12.5 Å². The standard InChI is InChI=1S/C13H16O4/c1-13(16,12(14)15)10-17-9-5-8-11-6-3-2-4-7-11/h2-8,16H,9-10H2,1H3,(H,14,15). The van der Waals surface area contributed by atoms with Crippen LogP contribution < -0.4 is 0 Å². The minimum absolute atomic E-state index is 0.235. The third-order valence-corrected chi connectivity index (χ3v) is 2.17. The summed E-state index contributed by atoms with van der Waals surface area (Å²) in [5.41, 5.74) is -0.790. The molecular weight excluding hydrogens is 220 g/mol. The zero-order valence-corrected chi connectivity index (χ0v) is 9.67. The normalized spacial score (nSPS) is 14.7. The van der Waals surface area contributed by atoms with Gasteiger partial charge in [-0.1, -0.05) is 42.5 Å². The smallest absolute Gasteiger partial charge is 0.337 e. The molecule has 0 aliphatic carbocycles. The maximum absolute atomic E-state index is 10.6. The van der Waals surface area contributed by atoms with E-state index in [0.717, 1.165) is 5.56 Å². The van der Waals surface area contributed by atoms with Crippen LogP contribution in [0.15, 0.2) is 36.4 Å². The van der Waals surface area contributed by atoms with Gasteiger partial charge in [0.1, 0.15) is 0 Å². The maximum Gasteiger partial charge on any atom is 0.337 e. The molecular formula is C13H16O4. The highest BCUT2D eigenvalue weighted by Crippen LogP contribution is 2.04. The largest absolute Gasteiger partial charge is 0.479 e. The molecule has 0 saturated heterocycles. The number of rotatable bonds is 6. The van der Waals surface area contributed by atoms with Gasteiger partial charge in [0.05, 0.1) is 13.2 Å². The second-order valence-electron chi connectivity index (χ2n) is 3.91. The molecule has 0 heterocycles. The molecule has 0 spiro atoms. The van der Waals surface area contributed by atoms with Gasteiger partial charge < -0.3 is 14.9 Å². The summed E-state index contributed by atoms with van der Waals surface area (Å²) in [5, 5.41) is 18.0. The fraction of sp³-hybridized carbons (Fsp3) is 0.308. The van der Waals surface area contributed by atoms with Crippen LogP contribution in [-0.4, -0.2) is 35.0 Å². The second-order valence-corrected chi connectivity index (χ2v) is 3.91. The SMILES string of the molecule is CC(O)(COCC=Cc1ccccc1)C(=O)O. The van der Waals surface area contributed by atoms with Crippen LogP contribution in [0.2, 0.25) is 0 Å². The molecule has 17 heavy (non-hydrogen) atoms. The van der Waals surface area contributed by atoms with Gasteiger partial charge in [-0.2, -0.15) is 0 Å². The number of hydrogen-bond donors (Lipinski definition) is 2. The maximum atomic E-state index is 10.6. The van der Waals surface area contributed by atoms with Gasteiger partial charge in [0.2, 0.25) is 0 Å². The Bertz CT molecular complexity index is 382. The Labute approximate surface area is 100 Å². The molecule has 0 amide bonds. The number of aliphatic carboxylic acids is 1. The summed E-state index contributed by atoms with van der Waals surface area (Å²) >= 11 is 0. The van der Waals surface area contributed by atoms with E-state index in [1.165, 1.54) is 6.92 Å². The minimum Gasteiger partial charge on any atom is -0.479 e. The summed E-state index contributed by atoms with van der Waals surface area (Å²) in [6, 6.07) is 9.68. The molecule has 0 aliphatic rings. The topological polar surface area (TPSA) is 66.8 Å². The van der Waals surface area contributed by atoms with Crippen molar-refractivity contribution >= 4 is 12.0 Å². The minimum atomic E-state index is -1.83. The van der Waals surface area contributed by atoms with Crippen molar-refractivity contribution in [2.45, 2.75) is 12.5 Å². The van der Waals surface area contributed by atoms with E-state index in [-0.39, 0.29) is 13.2 Å². The van der Waals surface area contributed by atoms with Gasteiger partial charge in [0.15, 0.2) is 5.60 Å². The highest BCUT2D eigenvalue weighted by Gasteiger charge is 2.29. The molecule has 4 nitrogen and oxygen atoms in total. The highest BCUT2D eigenvalue weighted by molar-refractivity contribution is 5.76. The summed E-state index contributed by atoms with van der Waals surface area (Å²) in [6.07, 6.45) is 3.64. The molecule has 0 aliphatic heterocycles. The van der Waals surface area contributed by atoms with Crippen LogP contribution in [0.1, 0.15) is 12.5 Å². The number of hydrogen-bond acceptors (Lipinski definition) is 3. The van der Waals surface area contributed by atoms with Crippen LogP contribution in [0.3, 0.4) is 0 Å². The Morgan fingerprint density at radius 3 is 2.65 bits per heavy atom. The molecule has 4 heteroatoms. The fourth-order valence-electron chi connectivity index (χ4n) is 1.14. The van der Waals surface area contributed by atoms with Crippen molar-refractivity contribution in [1.82, 2.24) is 0 Å². The molecule has 1 unspecified atom stereocenters. The van der Waals surface area contributed by atoms with E-state index in [1.807, 2.05) is 36.4 Å². The average molecular weight is 236 g/mol. The molecule has 0 aromatic heterocycles. The van der Waals surface area contributed by atoms with Crippen molar-refractivity contribution in [3.63, 3.8) is 0 Å². The second kappa shape index (κ2) is 6.18. The molecule has 0 radical (unpaired) electrons. The zero-order valence-electron chi connectivity index (χ0n) is 9.67. The van der Waals surface area contributed by atoms with E-state index in [2.05, 4.69) is 0 Å². The summed E-state index contributed by atoms with van der Waals surface area (Å²) in [6.45, 7) is 1.23. The average Bonchev–Trinajstić information content (AvgIpc) is 2.29. The summed E-state index contributed by atoms with van der Waals surface area (Å²) in [5.74, 6) is -1.29. The molecule has 2 N–H and O–H groups in total. The van der Waals surface area contributed by atoms with Crippen molar-refractivity contribution in [2.75, 3.05) is 13.2 Å². The number of carboxylic acids is 1. The first-order valence-electron chi connectivity index (χ1n) is 5.27. The summed E-state index contributed by atoms with van der Waals surface area (Å²) in [4.78, 5) is 10.6. The van der Waals surface area contributed by atoms with Crippen LogP contribution in [0.4, 0.5) is 0 Å². The predicted octanol–water partition coefficient (Wildman–Crippen LogP) is 1.55. The van der Waals surface area contributed by atoms with Crippen molar-refractivity contribution in [3.05, 3.63) is 42.0 Å². The van der Waals surface area contributed by atoms with Gasteiger partial charge in [-0.3, -0.25) is 0 Å². The van der Waals surface area contributed by atoms with E-state index >= 15 is 0 Å². The zero-order chi connectivity index (χ0) is 12.7. The van der Waals surface area contributed by atoms with Crippen molar-refractivity contribution in [3.8, 4) is 0 Å². The molecule has 1 aromatic carbocycles. The molecule has 1 atom stereocenters. The van der Waals surface area contributed by atoms with Crippen molar-refractivity contribution in [1.29, 1.82) is 0 Å². The van der Waals surface area contributed by atoms with Crippen LogP contribution >= 0.6 is 0 Å². The van der Waals surface area contributed by atoms with Crippen molar-refractivity contribution in [2.24, 2.45) is 0 Å². The van der Waals surface area contributed by atoms with Gasteiger partial charge in [-0.15, -0.1) is 0 Å². The molecule has 0 bridgehead atoms. The van der Waals surface area contributed by atoms with Crippen molar-refractivity contribution < 1.29 is 19.7 Å². The third-order valence-electron chi connectivity index (χ3n) is 2.17. The van der Waals surface area contributed by atoms with E-state index in [9.17, 15) is 9.90 Å². The first kappa shape index (κ1) is 13.4. The number of ether oxygens (including phenoxy) is 1. The number of aliphatic hydroxyl groups is 1. The first-order chi connectivity index (χ1) is 8.02. The van der Waals surface area contributed by atoms with Crippen LogP contribution in [0.25, 0.3) is 6.08 Å². The van der Waals surface area contributed by atoms with E-state index in [4.69, 9.17) is 9.84 Å².